The number of hydrogen-bond acceptors (Lipinski definition) is 2. The van der Waals surface area contributed by atoms with E-state index >= 15 is 0 Å². The average molecular weight is 213 g/mol. The van der Waals surface area contributed by atoms with Crippen molar-refractivity contribution in [3.63, 3.8) is 0 Å². The van der Waals surface area contributed by atoms with Crippen LogP contribution >= 0.6 is 0 Å². The standard InChI is InChI=1S/C12H23NO2/c1-6-7-8-11(2,3)9(14)12(4,5)10(13)15/h6-8H2,1-5H3,(H2,13,15). The van der Waals surface area contributed by atoms with Gasteiger partial charge in [0.2, 0.25) is 5.91 Å². The Kier molecular flexibility index (Phi) is 4.50. The molecule has 0 atom stereocenters. The fourth-order valence-electron chi connectivity index (χ4n) is 1.69. The minimum atomic E-state index is -1.06. The van der Waals surface area contributed by atoms with Crippen molar-refractivity contribution in [2.45, 2.75) is 53.9 Å². The van der Waals surface area contributed by atoms with Crippen LogP contribution in [0.25, 0.3) is 0 Å². The van der Waals surface area contributed by atoms with Gasteiger partial charge in [0, 0.05) is 5.41 Å². The highest BCUT2D eigenvalue weighted by Gasteiger charge is 2.42. The first-order valence-corrected chi connectivity index (χ1v) is 5.51. The van der Waals surface area contributed by atoms with Crippen LogP contribution in [0, 0.1) is 10.8 Å². The molecule has 0 aliphatic carbocycles. The number of carbonyl (C=O) groups is 2. The summed E-state index contributed by atoms with van der Waals surface area (Å²) in [6.07, 6.45) is 2.85. The summed E-state index contributed by atoms with van der Waals surface area (Å²) in [7, 11) is 0. The summed E-state index contributed by atoms with van der Waals surface area (Å²) in [6.45, 7) is 9.06. The van der Waals surface area contributed by atoms with Crippen LogP contribution in [0.5, 0.6) is 0 Å². The molecule has 0 aliphatic rings. The Balaban J connectivity index is 4.75. The van der Waals surface area contributed by atoms with E-state index in [2.05, 4.69) is 6.92 Å². The molecule has 0 rings (SSSR count). The molecule has 0 unspecified atom stereocenters. The van der Waals surface area contributed by atoms with E-state index in [9.17, 15) is 9.59 Å². The summed E-state index contributed by atoms with van der Waals surface area (Å²) in [6, 6.07) is 0. The fourth-order valence-corrected chi connectivity index (χ4v) is 1.69. The largest absolute Gasteiger partial charge is 0.369 e. The van der Waals surface area contributed by atoms with Crippen LogP contribution in [-0.4, -0.2) is 11.7 Å². The number of hydrogen-bond donors (Lipinski definition) is 1. The highest BCUT2D eigenvalue weighted by atomic mass is 16.2. The molecule has 0 aromatic carbocycles. The van der Waals surface area contributed by atoms with Gasteiger partial charge in [-0.15, -0.1) is 0 Å². The van der Waals surface area contributed by atoms with E-state index in [0.29, 0.717) is 0 Å². The summed E-state index contributed by atoms with van der Waals surface area (Å²) in [5.74, 6) is -0.604. The molecule has 1 amide bonds. The predicted molar refractivity (Wildman–Crippen MR) is 61.3 cm³/mol. The van der Waals surface area contributed by atoms with Gasteiger partial charge >= 0.3 is 0 Å². The number of carbonyl (C=O) groups excluding carboxylic acids is 2. The monoisotopic (exact) mass is 213 g/mol. The van der Waals surface area contributed by atoms with Gasteiger partial charge in [0.15, 0.2) is 5.78 Å². The van der Waals surface area contributed by atoms with Crippen molar-refractivity contribution >= 4 is 11.7 Å². The molecule has 2 N–H and O–H groups in total. The molecule has 15 heavy (non-hydrogen) atoms. The quantitative estimate of drug-likeness (QED) is 0.688. The normalized spacial score (nSPS) is 12.6. The van der Waals surface area contributed by atoms with Crippen molar-refractivity contribution in [2.24, 2.45) is 16.6 Å². The third-order valence-corrected chi connectivity index (χ3v) is 2.95. The molecule has 0 aromatic rings. The van der Waals surface area contributed by atoms with Crippen LogP contribution < -0.4 is 5.73 Å². The van der Waals surface area contributed by atoms with Gasteiger partial charge < -0.3 is 5.73 Å². The SMILES string of the molecule is CCCCC(C)(C)C(=O)C(C)(C)C(N)=O. The second kappa shape index (κ2) is 4.77. The van der Waals surface area contributed by atoms with Crippen LogP contribution in [-0.2, 0) is 9.59 Å². The van der Waals surface area contributed by atoms with Gasteiger partial charge in [0.25, 0.3) is 0 Å². The highest BCUT2D eigenvalue weighted by Crippen LogP contribution is 2.33. The third kappa shape index (κ3) is 3.33. The Bertz CT molecular complexity index is 254. The molecule has 88 valence electrons. The summed E-state index contributed by atoms with van der Waals surface area (Å²) >= 11 is 0. The first kappa shape index (κ1) is 14.1. The molecule has 3 nitrogen and oxygen atoms in total. The molecule has 0 fully saturated rings. The molecule has 0 aromatic heterocycles. The maximum Gasteiger partial charge on any atom is 0.230 e. The van der Waals surface area contributed by atoms with Crippen LogP contribution in [0.3, 0.4) is 0 Å². The van der Waals surface area contributed by atoms with Crippen molar-refractivity contribution < 1.29 is 9.59 Å². The zero-order chi connectivity index (χ0) is 12.3. The summed E-state index contributed by atoms with van der Waals surface area (Å²) in [5, 5.41) is 0. The second-order valence-electron chi connectivity index (χ2n) is 5.31. The molecule has 0 aliphatic heterocycles. The van der Waals surface area contributed by atoms with E-state index in [-0.39, 0.29) is 5.78 Å². The van der Waals surface area contributed by atoms with Gasteiger partial charge in [0.05, 0.1) is 0 Å². The van der Waals surface area contributed by atoms with Crippen LogP contribution in [0.4, 0.5) is 0 Å². The summed E-state index contributed by atoms with van der Waals surface area (Å²) < 4.78 is 0. The maximum atomic E-state index is 12.1. The Morgan fingerprint density at radius 3 is 1.93 bits per heavy atom. The average Bonchev–Trinajstić information content (AvgIpc) is 2.13. The molecule has 0 saturated heterocycles. The first-order chi connectivity index (χ1) is 6.66. The number of Topliss-reactive ketones (excluding diaryl/α,β-unsaturated/α-hetero) is 1. The topological polar surface area (TPSA) is 60.2 Å². The minimum absolute atomic E-state index is 0.0593. The Morgan fingerprint density at radius 2 is 1.60 bits per heavy atom. The first-order valence-electron chi connectivity index (χ1n) is 5.51. The Hall–Kier alpha value is -0.860. The van der Waals surface area contributed by atoms with Crippen molar-refractivity contribution in [1.82, 2.24) is 0 Å². The smallest absolute Gasteiger partial charge is 0.230 e. The van der Waals surface area contributed by atoms with Gasteiger partial charge in [0.1, 0.15) is 5.41 Å². The van der Waals surface area contributed by atoms with E-state index in [1.54, 1.807) is 13.8 Å². The molecule has 0 bridgehead atoms. The number of rotatable bonds is 6. The number of nitrogens with two attached hydrogens (primary N) is 1. The third-order valence-electron chi connectivity index (χ3n) is 2.95. The van der Waals surface area contributed by atoms with Crippen molar-refractivity contribution in [3.05, 3.63) is 0 Å². The van der Waals surface area contributed by atoms with E-state index < -0.39 is 16.7 Å². The second-order valence-corrected chi connectivity index (χ2v) is 5.31. The number of unbranched alkanes of at least 4 members (excludes halogenated alkanes) is 1. The molecule has 3 heteroatoms. The molecule has 0 saturated carbocycles. The fraction of sp³-hybridized carbons (Fsp3) is 0.833. The Morgan fingerprint density at radius 1 is 1.13 bits per heavy atom. The molecular weight excluding hydrogens is 190 g/mol. The van der Waals surface area contributed by atoms with Gasteiger partial charge in [-0.05, 0) is 20.3 Å². The zero-order valence-corrected chi connectivity index (χ0v) is 10.5. The summed E-state index contributed by atoms with van der Waals surface area (Å²) in [4.78, 5) is 23.3. The van der Waals surface area contributed by atoms with Gasteiger partial charge in [-0.3, -0.25) is 9.59 Å². The van der Waals surface area contributed by atoms with Crippen molar-refractivity contribution in [3.8, 4) is 0 Å². The van der Waals surface area contributed by atoms with E-state index in [1.165, 1.54) is 0 Å². The molecule has 0 heterocycles. The van der Waals surface area contributed by atoms with Crippen molar-refractivity contribution in [1.29, 1.82) is 0 Å². The highest BCUT2D eigenvalue weighted by molar-refractivity contribution is 6.06. The van der Waals surface area contributed by atoms with E-state index in [0.717, 1.165) is 19.3 Å². The molecule has 0 spiro atoms. The maximum absolute atomic E-state index is 12.1. The van der Waals surface area contributed by atoms with Crippen LogP contribution in [0.2, 0.25) is 0 Å². The molecular formula is C12H23NO2. The predicted octanol–water partition coefficient (Wildman–Crippen LogP) is 2.28. The number of amides is 1. The molecule has 0 radical (unpaired) electrons. The van der Waals surface area contributed by atoms with E-state index in [4.69, 9.17) is 5.73 Å². The van der Waals surface area contributed by atoms with E-state index in [1.807, 2.05) is 13.8 Å². The minimum Gasteiger partial charge on any atom is -0.369 e. The van der Waals surface area contributed by atoms with Gasteiger partial charge in [-0.2, -0.15) is 0 Å². The zero-order valence-electron chi connectivity index (χ0n) is 10.5. The lowest BCUT2D eigenvalue weighted by Crippen LogP contribution is -2.45. The van der Waals surface area contributed by atoms with Gasteiger partial charge in [-0.25, -0.2) is 0 Å². The lowest BCUT2D eigenvalue weighted by atomic mass is 9.71. The van der Waals surface area contributed by atoms with Crippen LogP contribution in [0.1, 0.15) is 53.9 Å². The lowest BCUT2D eigenvalue weighted by Gasteiger charge is -2.31. The van der Waals surface area contributed by atoms with Crippen LogP contribution in [0.15, 0.2) is 0 Å². The summed E-state index contributed by atoms with van der Waals surface area (Å²) in [5.41, 5.74) is 3.71. The number of ketones is 1. The Labute approximate surface area is 92.4 Å². The lowest BCUT2D eigenvalue weighted by molar-refractivity contribution is -0.144. The van der Waals surface area contributed by atoms with Gasteiger partial charge in [-0.1, -0.05) is 33.6 Å². The van der Waals surface area contributed by atoms with Crippen molar-refractivity contribution in [2.75, 3.05) is 0 Å². The number of primary amides is 1.